The Morgan fingerprint density at radius 1 is 1.43 bits per heavy atom. The largest absolute Gasteiger partial charge is 0.364 e. The number of pyridine rings is 1. The summed E-state index contributed by atoms with van der Waals surface area (Å²) in [6.45, 7) is 1.92. The van der Waals surface area contributed by atoms with Crippen molar-refractivity contribution < 1.29 is 9.72 Å². The maximum Gasteiger partial charge on any atom is 0.312 e. The van der Waals surface area contributed by atoms with Crippen LogP contribution in [0.5, 0.6) is 0 Å². The summed E-state index contributed by atoms with van der Waals surface area (Å²) in [4.78, 5) is 28.1. The Balaban J connectivity index is 1.88. The van der Waals surface area contributed by atoms with E-state index >= 15 is 0 Å². The molecular weight excluding hydrogens is 296 g/mol. The molecule has 0 aliphatic carbocycles. The Morgan fingerprint density at radius 3 is 2.81 bits per heavy atom. The third kappa shape index (κ3) is 4.29. The number of nitrogens with zero attached hydrogens (tertiary/aromatic N) is 3. The molecule has 2 rings (SSSR count). The SMILES string of the molecule is O=C(CCNc1ncc(Cl)cc1[N+](=O)[O-])N1CCCCC1. The molecule has 0 atom stereocenters. The number of nitro groups is 1. The van der Waals surface area contributed by atoms with Crippen LogP contribution in [0.25, 0.3) is 0 Å². The molecule has 0 spiro atoms. The van der Waals surface area contributed by atoms with E-state index in [0.29, 0.717) is 13.0 Å². The first-order valence-corrected chi connectivity index (χ1v) is 7.27. The number of hydrogen-bond donors (Lipinski definition) is 1. The molecule has 0 unspecified atom stereocenters. The number of aromatic nitrogens is 1. The fourth-order valence-corrected chi connectivity index (χ4v) is 2.45. The standard InChI is InChI=1S/C13H17ClN4O3/c14-10-8-11(18(20)21)13(16-9-10)15-5-4-12(19)17-6-2-1-3-7-17/h8-9H,1-7H2,(H,15,16). The predicted octanol–water partition coefficient (Wildman–Crippen LogP) is 2.46. The van der Waals surface area contributed by atoms with Gasteiger partial charge in [-0.1, -0.05) is 11.6 Å². The molecule has 114 valence electrons. The van der Waals surface area contributed by atoms with Gasteiger partial charge in [0.25, 0.3) is 0 Å². The number of carbonyl (C=O) groups excluding carboxylic acids is 1. The molecule has 8 heteroatoms. The first-order chi connectivity index (χ1) is 10.1. The summed E-state index contributed by atoms with van der Waals surface area (Å²) in [5.41, 5.74) is -0.187. The zero-order valence-corrected chi connectivity index (χ0v) is 12.3. The van der Waals surface area contributed by atoms with Gasteiger partial charge in [-0.05, 0) is 19.3 Å². The molecular formula is C13H17ClN4O3. The lowest BCUT2D eigenvalue weighted by molar-refractivity contribution is -0.384. The maximum atomic E-state index is 12.0. The molecule has 1 aromatic rings. The number of nitrogens with one attached hydrogen (secondary N) is 1. The zero-order valence-electron chi connectivity index (χ0n) is 11.5. The maximum absolute atomic E-state index is 12.0. The van der Waals surface area contributed by atoms with Crippen molar-refractivity contribution in [2.45, 2.75) is 25.7 Å². The highest BCUT2D eigenvalue weighted by Crippen LogP contribution is 2.24. The van der Waals surface area contributed by atoms with Gasteiger partial charge in [0.2, 0.25) is 11.7 Å². The highest BCUT2D eigenvalue weighted by atomic mass is 35.5. The second kappa shape index (κ2) is 7.21. The molecule has 0 saturated carbocycles. The van der Waals surface area contributed by atoms with Crippen LogP contribution >= 0.6 is 11.6 Å². The monoisotopic (exact) mass is 312 g/mol. The molecule has 21 heavy (non-hydrogen) atoms. The van der Waals surface area contributed by atoms with Gasteiger partial charge in [0.15, 0.2) is 0 Å². The Hall–Kier alpha value is -1.89. The number of rotatable bonds is 5. The van der Waals surface area contributed by atoms with E-state index in [0.717, 1.165) is 25.9 Å². The molecule has 1 saturated heterocycles. The minimum absolute atomic E-state index is 0.0683. The van der Waals surface area contributed by atoms with Crippen molar-refractivity contribution in [2.24, 2.45) is 0 Å². The van der Waals surface area contributed by atoms with Crippen LogP contribution in [-0.4, -0.2) is 40.3 Å². The van der Waals surface area contributed by atoms with E-state index in [1.165, 1.54) is 18.7 Å². The number of carbonyl (C=O) groups is 1. The van der Waals surface area contributed by atoms with E-state index < -0.39 is 4.92 Å². The average molecular weight is 313 g/mol. The fourth-order valence-electron chi connectivity index (χ4n) is 2.29. The van der Waals surface area contributed by atoms with E-state index in [-0.39, 0.29) is 22.4 Å². The van der Waals surface area contributed by atoms with Crippen LogP contribution in [0.4, 0.5) is 11.5 Å². The van der Waals surface area contributed by atoms with Crippen molar-refractivity contribution in [3.05, 3.63) is 27.4 Å². The third-order valence-electron chi connectivity index (χ3n) is 3.37. The first-order valence-electron chi connectivity index (χ1n) is 6.89. The molecule has 0 aromatic carbocycles. The number of anilines is 1. The summed E-state index contributed by atoms with van der Waals surface area (Å²) in [5.74, 6) is 0.203. The Kier molecular flexibility index (Phi) is 5.32. The molecule has 2 heterocycles. The minimum atomic E-state index is -0.548. The quantitative estimate of drug-likeness (QED) is 0.666. The van der Waals surface area contributed by atoms with Crippen molar-refractivity contribution in [3.63, 3.8) is 0 Å². The van der Waals surface area contributed by atoms with Gasteiger partial charge in [0, 0.05) is 38.3 Å². The van der Waals surface area contributed by atoms with Gasteiger partial charge >= 0.3 is 5.69 Å². The average Bonchev–Trinajstić information content (AvgIpc) is 2.49. The van der Waals surface area contributed by atoms with Crippen LogP contribution in [0.1, 0.15) is 25.7 Å². The van der Waals surface area contributed by atoms with E-state index in [9.17, 15) is 14.9 Å². The molecule has 1 fully saturated rings. The first kappa shape index (κ1) is 15.5. The number of piperidine rings is 1. The normalized spacial score (nSPS) is 14.8. The summed E-state index contributed by atoms with van der Waals surface area (Å²) in [7, 11) is 0. The number of hydrogen-bond acceptors (Lipinski definition) is 5. The lowest BCUT2D eigenvalue weighted by atomic mass is 10.1. The summed E-state index contributed by atoms with van der Waals surface area (Å²) in [6, 6.07) is 1.24. The highest BCUT2D eigenvalue weighted by Gasteiger charge is 2.18. The van der Waals surface area contributed by atoms with Crippen molar-refractivity contribution in [1.82, 2.24) is 9.88 Å². The van der Waals surface area contributed by atoms with Crippen LogP contribution in [0.3, 0.4) is 0 Å². The fraction of sp³-hybridized carbons (Fsp3) is 0.538. The lowest BCUT2D eigenvalue weighted by Gasteiger charge is -2.26. The Bertz CT molecular complexity index is 532. The van der Waals surface area contributed by atoms with Crippen molar-refractivity contribution in [3.8, 4) is 0 Å². The summed E-state index contributed by atoms with van der Waals surface area (Å²) >= 11 is 5.69. The number of amides is 1. The predicted molar refractivity (Wildman–Crippen MR) is 79.4 cm³/mol. The second-order valence-corrected chi connectivity index (χ2v) is 5.33. The van der Waals surface area contributed by atoms with Crippen LogP contribution in [-0.2, 0) is 4.79 Å². The van der Waals surface area contributed by atoms with Gasteiger partial charge in [-0.15, -0.1) is 0 Å². The smallest absolute Gasteiger partial charge is 0.312 e. The summed E-state index contributed by atoms with van der Waals surface area (Å²) in [6.07, 6.45) is 4.89. The van der Waals surface area contributed by atoms with Crippen molar-refractivity contribution in [2.75, 3.05) is 25.0 Å². The summed E-state index contributed by atoms with van der Waals surface area (Å²) < 4.78 is 0. The van der Waals surface area contributed by atoms with Crippen LogP contribution in [0, 0.1) is 10.1 Å². The van der Waals surface area contributed by atoms with Crippen molar-refractivity contribution >= 4 is 29.0 Å². The van der Waals surface area contributed by atoms with Gasteiger partial charge in [-0.3, -0.25) is 14.9 Å². The van der Waals surface area contributed by atoms with Gasteiger partial charge in [-0.25, -0.2) is 4.98 Å². The third-order valence-corrected chi connectivity index (χ3v) is 3.58. The van der Waals surface area contributed by atoms with Crippen LogP contribution in [0.15, 0.2) is 12.3 Å². The minimum Gasteiger partial charge on any atom is -0.364 e. The molecule has 1 aromatic heterocycles. The summed E-state index contributed by atoms with van der Waals surface area (Å²) in [5, 5.41) is 13.9. The van der Waals surface area contributed by atoms with E-state index in [1.807, 2.05) is 4.90 Å². The molecule has 1 aliphatic rings. The highest BCUT2D eigenvalue weighted by molar-refractivity contribution is 6.30. The number of halogens is 1. The zero-order chi connectivity index (χ0) is 15.2. The van der Waals surface area contributed by atoms with E-state index in [2.05, 4.69) is 10.3 Å². The van der Waals surface area contributed by atoms with Gasteiger partial charge in [0.1, 0.15) is 0 Å². The topological polar surface area (TPSA) is 88.4 Å². The molecule has 1 N–H and O–H groups in total. The molecule has 0 bridgehead atoms. The lowest BCUT2D eigenvalue weighted by Crippen LogP contribution is -2.36. The van der Waals surface area contributed by atoms with Crippen molar-refractivity contribution in [1.29, 1.82) is 0 Å². The van der Waals surface area contributed by atoms with E-state index in [1.54, 1.807) is 0 Å². The van der Waals surface area contributed by atoms with Crippen LogP contribution in [0.2, 0.25) is 5.02 Å². The van der Waals surface area contributed by atoms with Gasteiger partial charge in [-0.2, -0.15) is 0 Å². The molecule has 1 aliphatic heterocycles. The Morgan fingerprint density at radius 2 is 2.14 bits per heavy atom. The number of likely N-dealkylation sites (tertiary alicyclic amines) is 1. The van der Waals surface area contributed by atoms with Gasteiger partial charge in [0.05, 0.1) is 9.95 Å². The molecule has 1 amide bonds. The molecule has 0 radical (unpaired) electrons. The van der Waals surface area contributed by atoms with E-state index in [4.69, 9.17) is 11.6 Å². The van der Waals surface area contributed by atoms with Crippen LogP contribution < -0.4 is 5.32 Å². The molecule has 7 nitrogen and oxygen atoms in total. The van der Waals surface area contributed by atoms with Gasteiger partial charge < -0.3 is 10.2 Å². The Labute approximate surface area is 127 Å². The second-order valence-electron chi connectivity index (χ2n) is 4.90.